The number of methoxy groups -OCH3 is 1. The molecule has 0 aliphatic carbocycles. The van der Waals surface area contributed by atoms with Gasteiger partial charge in [0.25, 0.3) is 0 Å². The number of hydrogen-bond donors (Lipinski definition) is 0. The topological polar surface area (TPSA) is 32.3 Å². The molecular weight excluding hydrogens is 87.0 g/mol. The number of allylic oxidation sites excluding steroid dienone is 1. The molecule has 0 aliphatic rings. The third-order valence-electron chi connectivity index (χ3n) is 0.437. The molecule has 0 N–H and O–H groups in total. The van der Waals surface area contributed by atoms with Gasteiger partial charge in [0.1, 0.15) is 0 Å². The molecule has 7 heavy (non-hydrogen) atoms. The van der Waals surface area contributed by atoms with Crippen LogP contribution >= 0.6 is 0 Å². The van der Waals surface area contributed by atoms with Gasteiger partial charge in [-0.25, -0.2) is 0 Å². The van der Waals surface area contributed by atoms with Crippen LogP contribution in [0.25, 0.3) is 0 Å². The van der Waals surface area contributed by atoms with Crippen LogP contribution in [0.4, 0.5) is 0 Å². The molecule has 0 aromatic rings. The average Bonchev–Trinajstić information content (AvgIpc) is 1.65. The SMILES string of the molecule is C/C=C(/[O-])OC.[Li+]. The number of ether oxygens (including phenoxy) is 1. The second kappa shape index (κ2) is 5.94. The molecule has 0 radical (unpaired) electrons. The van der Waals surface area contributed by atoms with E-state index in [1.807, 2.05) is 0 Å². The Morgan fingerprint density at radius 1 is 1.71 bits per heavy atom. The van der Waals surface area contributed by atoms with Crippen molar-refractivity contribution in [1.82, 2.24) is 0 Å². The molecule has 0 unspecified atom stereocenters. The third-order valence-corrected chi connectivity index (χ3v) is 0.437. The smallest absolute Gasteiger partial charge is 0.617 e. The standard InChI is InChI=1S/C4H8O2.Li/c1-3-4(5)6-2;/h3,5H,1-2H3;/q;+1/p-1/b4-3-;. The predicted molar refractivity (Wildman–Crippen MR) is 20.8 cm³/mol. The van der Waals surface area contributed by atoms with Crippen molar-refractivity contribution in [2.24, 2.45) is 0 Å². The van der Waals surface area contributed by atoms with E-state index in [4.69, 9.17) is 0 Å². The van der Waals surface area contributed by atoms with E-state index >= 15 is 0 Å². The van der Waals surface area contributed by atoms with Gasteiger partial charge in [-0.2, -0.15) is 0 Å². The summed E-state index contributed by atoms with van der Waals surface area (Å²) in [7, 11) is 1.35. The normalized spacial score (nSPS) is 9.71. The molecule has 0 saturated carbocycles. The summed E-state index contributed by atoms with van der Waals surface area (Å²) < 4.78 is 4.20. The fourth-order valence-electron chi connectivity index (χ4n) is 0.118. The van der Waals surface area contributed by atoms with Gasteiger partial charge in [-0.15, -0.1) is 0 Å². The number of hydrogen-bond acceptors (Lipinski definition) is 2. The molecule has 0 saturated heterocycles. The molecular formula is C4H7LiO2. The molecule has 2 nitrogen and oxygen atoms in total. The summed E-state index contributed by atoms with van der Waals surface area (Å²) in [4.78, 5) is 0. The largest absolute Gasteiger partial charge is 1.00 e. The van der Waals surface area contributed by atoms with Crippen molar-refractivity contribution < 1.29 is 28.7 Å². The van der Waals surface area contributed by atoms with E-state index in [0.29, 0.717) is 0 Å². The van der Waals surface area contributed by atoms with Crippen LogP contribution in [0.1, 0.15) is 6.92 Å². The molecule has 0 spiro atoms. The van der Waals surface area contributed by atoms with Crippen molar-refractivity contribution in [3.05, 3.63) is 12.0 Å². The zero-order valence-electron chi connectivity index (χ0n) is 4.89. The van der Waals surface area contributed by atoms with Gasteiger partial charge in [-0.1, -0.05) is 6.08 Å². The van der Waals surface area contributed by atoms with Crippen molar-refractivity contribution in [1.29, 1.82) is 0 Å². The Labute approximate surface area is 55.3 Å². The van der Waals surface area contributed by atoms with E-state index in [1.54, 1.807) is 6.92 Å². The maximum Gasteiger partial charge on any atom is 1.00 e. The molecule has 3 heteroatoms. The van der Waals surface area contributed by atoms with Gasteiger partial charge in [0.2, 0.25) is 0 Å². The molecule has 0 bridgehead atoms. The Morgan fingerprint density at radius 2 is 2.14 bits per heavy atom. The predicted octanol–water partition coefficient (Wildman–Crippen LogP) is -3.14. The van der Waals surface area contributed by atoms with Gasteiger partial charge in [0, 0.05) is 5.95 Å². The molecule has 0 aliphatic heterocycles. The quantitative estimate of drug-likeness (QED) is 0.254. The molecule has 0 fully saturated rings. The van der Waals surface area contributed by atoms with Gasteiger partial charge in [-0.3, -0.25) is 0 Å². The van der Waals surface area contributed by atoms with Crippen LogP contribution < -0.4 is 24.0 Å². The first-order chi connectivity index (χ1) is 2.81. The van der Waals surface area contributed by atoms with Crippen LogP contribution in [0.3, 0.4) is 0 Å². The van der Waals surface area contributed by atoms with E-state index < -0.39 is 0 Å². The summed E-state index contributed by atoms with van der Waals surface area (Å²) in [6.07, 6.45) is 1.36. The first-order valence-corrected chi connectivity index (χ1v) is 1.68. The summed E-state index contributed by atoms with van der Waals surface area (Å²) in [6.45, 7) is 1.63. The van der Waals surface area contributed by atoms with Crippen LogP contribution in [0, 0.1) is 0 Å². The van der Waals surface area contributed by atoms with E-state index in [2.05, 4.69) is 4.74 Å². The third kappa shape index (κ3) is 5.94. The second-order valence-electron chi connectivity index (χ2n) is 0.812. The fraction of sp³-hybridized carbons (Fsp3) is 0.500. The van der Waals surface area contributed by atoms with Crippen LogP contribution in [0.2, 0.25) is 0 Å². The molecule has 0 aromatic carbocycles. The van der Waals surface area contributed by atoms with Crippen molar-refractivity contribution in [3.63, 3.8) is 0 Å². The summed E-state index contributed by atoms with van der Waals surface area (Å²) in [5.74, 6) is -0.282. The first-order valence-electron chi connectivity index (χ1n) is 1.68. The summed E-state index contributed by atoms with van der Waals surface area (Å²) in [5.41, 5.74) is 0. The minimum absolute atomic E-state index is 0. The molecule has 0 rings (SSSR count). The van der Waals surface area contributed by atoms with E-state index in [9.17, 15) is 5.11 Å². The monoisotopic (exact) mass is 94.1 g/mol. The molecule has 0 aromatic heterocycles. The first kappa shape index (κ1) is 10.0. The zero-order valence-corrected chi connectivity index (χ0v) is 4.89. The van der Waals surface area contributed by atoms with Crippen LogP contribution in [0.15, 0.2) is 12.0 Å². The van der Waals surface area contributed by atoms with Crippen LogP contribution in [0.5, 0.6) is 0 Å². The maximum absolute atomic E-state index is 9.90. The Morgan fingerprint density at radius 3 is 2.14 bits per heavy atom. The summed E-state index contributed by atoms with van der Waals surface area (Å²) in [6, 6.07) is 0. The van der Waals surface area contributed by atoms with Crippen LogP contribution in [-0.4, -0.2) is 7.11 Å². The van der Waals surface area contributed by atoms with Crippen molar-refractivity contribution in [2.45, 2.75) is 6.92 Å². The van der Waals surface area contributed by atoms with Gasteiger partial charge in [-0.05, 0) is 14.0 Å². The summed E-state index contributed by atoms with van der Waals surface area (Å²) >= 11 is 0. The van der Waals surface area contributed by atoms with E-state index in [1.165, 1.54) is 13.2 Å². The van der Waals surface area contributed by atoms with E-state index in [-0.39, 0.29) is 24.8 Å². The van der Waals surface area contributed by atoms with Crippen molar-refractivity contribution >= 4 is 0 Å². The Hall–Kier alpha value is -0.0626. The Bertz CT molecular complexity index is 60.7. The van der Waals surface area contributed by atoms with Crippen molar-refractivity contribution in [2.75, 3.05) is 7.11 Å². The zero-order chi connectivity index (χ0) is 4.99. The molecule has 36 valence electrons. The van der Waals surface area contributed by atoms with Gasteiger partial charge < -0.3 is 9.84 Å². The van der Waals surface area contributed by atoms with Gasteiger partial charge in [0.05, 0.1) is 0 Å². The van der Waals surface area contributed by atoms with Gasteiger partial charge >= 0.3 is 18.9 Å². The second-order valence-corrected chi connectivity index (χ2v) is 0.812. The molecule has 0 atom stereocenters. The van der Waals surface area contributed by atoms with Crippen molar-refractivity contribution in [3.8, 4) is 0 Å². The van der Waals surface area contributed by atoms with Gasteiger partial charge in [0.15, 0.2) is 0 Å². The Kier molecular flexibility index (Phi) is 8.51. The minimum atomic E-state index is -0.282. The maximum atomic E-state index is 9.90. The molecule has 0 amide bonds. The molecule has 0 heterocycles. The number of rotatable bonds is 1. The Balaban J connectivity index is 0. The van der Waals surface area contributed by atoms with E-state index in [0.717, 1.165) is 0 Å². The minimum Gasteiger partial charge on any atom is -0.617 e. The average molecular weight is 94.0 g/mol. The van der Waals surface area contributed by atoms with Crippen LogP contribution in [-0.2, 0) is 4.74 Å². The summed E-state index contributed by atoms with van der Waals surface area (Å²) in [5, 5.41) is 9.90. The fourth-order valence-corrected chi connectivity index (χ4v) is 0.118.